The Labute approximate surface area is 127 Å². The fraction of sp³-hybridized carbons (Fsp3) is 0.471. The van der Waals surface area contributed by atoms with Crippen molar-refractivity contribution >= 4 is 5.69 Å². The third kappa shape index (κ3) is 2.95. The summed E-state index contributed by atoms with van der Waals surface area (Å²) in [7, 11) is 2.06. The number of nitrogens with zero attached hydrogens (tertiary/aromatic N) is 4. The van der Waals surface area contributed by atoms with Crippen molar-refractivity contribution in [3.8, 4) is 0 Å². The van der Waals surface area contributed by atoms with Gasteiger partial charge in [-0.1, -0.05) is 12.1 Å². The average Bonchev–Trinajstić information content (AvgIpc) is 2.88. The van der Waals surface area contributed by atoms with Gasteiger partial charge in [0.05, 0.1) is 6.54 Å². The molecule has 0 unspecified atom stereocenters. The minimum Gasteiger partial charge on any atom is -0.369 e. The maximum atomic E-state index is 4.42. The molecule has 1 fully saturated rings. The van der Waals surface area contributed by atoms with Crippen LogP contribution < -0.4 is 4.90 Å². The molecule has 0 saturated carbocycles. The highest BCUT2D eigenvalue weighted by molar-refractivity contribution is 5.56. The summed E-state index contributed by atoms with van der Waals surface area (Å²) < 4.78 is 2.11. The van der Waals surface area contributed by atoms with Gasteiger partial charge in [0.2, 0.25) is 0 Å². The number of hydrogen-bond donors (Lipinski definition) is 0. The van der Waals surface area contributed by atoms with Crippen LogP contribution >= 0.6 is 0 Å². The maximum Gasteiger partial charge on any atom is 0.122 e. The molecule has 2 aromatic rings. The van der Waals surface area contributed by atoms with Gasteiger partial charge in [-0.25, -0.2) is 4.98 Å². The monoisotopic (exact) mass is 284 g/mol. The van der Waals surface area contributed by atoms with Crippen molar-refractivity contribution in [2.45, 2.75) is 20.4 Å². The van der Waals surface area contributed by atoms with Gasteiger partial charge in [0.15, 0.2) is 0 Å². The number of hydrogen-bond acceptors (Lipinski definition) is 3. The number of anilines is 1. The zero-order valence-corrected chi connectivity index (χ0v) is 13.2. The third-order valence-corrected chi connectivity index (χ3v) is 4.58. The van der Waals surface area contributed by atoms with Crippen LogP contribution in [0.2, 0.25) is 0 Å². The molecule has 0 atom stereocenters. The van der Waals surface area contributed by atoms with Gasteiger partial charge < -0.3 is 9.47 Å². The van der Waals surface area contributed by atoms with Crippen LogP contribution in [0, 0.1) is 13.8 Å². The summed E-state index contributed by atoms with van der Waals surface area (Å²) in [6.45, 7) is 9.75. The largest absolute Gasteiger partial charge is 0.369 e. The number of rotatable bonds is 3. The van der Waals surface area contributed by atoms with Crippen LogP contribution in [0.25, 0.3) is 0 Å². The van der Waals surface area contributed by atoms with Crippen molar-refractivity contribution in [2.24, 2.45) is 7.05 Å². The smallest absolute Gasteiger partial charge is 0.122 e. The molecule has 0 radical (unpaired) electrons. The number of piperazine rings is 1. The van der Waals surface area contributed by atoms with Crippen LogP contribution in [-0.2, 0) is 13.6 Å². The van der Waals surface area contributed by atoms with Gasteiger partial charge in [0, 0.05) is 51.3 Å². The molecule has 2 heterocycles. The van der Waals surface area contributed by atoms with Crippen LogP contribution in [0.1, 0.15) is 17.0 Å². The van der Waals surface area contributed by atoms with E-state index in [1.54, 1.807) is 0 Å². The first-order valence-electron chi connectivity index (χ1n) is 7.65. The quantitative estimate of drug-likeness (QED) is 0.865. The molecular weight excluding hydrogens is 260 g/mol. The van der Waals surface area contributed by atoms with Crippen LogP contribution in [0.4, 0.5) is 5.69 Å². The van der Waals surface area contributed by atoms with E-state index in [1.165, 1.54) is 16.8 Å². The van der Waals surface area contributed by atoms with Gasteiger partial charge in [0.25, 0.3) is 0 Å². The van der Waals surface area contributed by atoms with Crippen molar-refractivity contribution in [1.29, 1.82) is 0 Å². The first-order chi connectivity index (χ1) is 10.1. The van der Waals surface area contributed by atoms with Crippen molar-refractivity contribution in [1.82, 2.24) is 14.5 Å². The predicted molar refractivity (Wildman–Crippen MR) is 86.6 cm³/mol. The van der Waals surface area contributed by atoms with Gasteiger partial charge in [0.1, 0.15) is 5.82 Å². The molecule has 1 aliphatic rings. The maximum absolute atomic E-state index is 4.42. The van der Waals surface area contributed by atoms with Gasteiger partial charge in [-0.3, -0.25) is 4.90 Å². The Morgan fingerprint density at radius 2 is 1.86 bits per heavy atom. The minimum atomic E-state index is 0.949. The lowest BCUT2D eigenvalue weighted by atomic mass is 10.1. The second kappa shape index (κ2) is 5.90. The second-order valence-electron chi connectivity index (χ2n) is 5.94. The molecule has 4 nitrogen and oxygen atoms in total. The Hall–Kier alpha value is -1.81. The summed E-state index contributed by atoms with van der Waals surface area (Å²) in [6.07, 6.45) is 3.89. The standard InChI is InChI=1S/C17H24N4/c1-14-5-4-6-16(15(14)2)21-11-9-20(10-12-21)13-17-18-7-8-19(17)3/h4-8H,9-13H2,1-3H3. The highest BCUT2D eigenvalue weighted by atomic mass is 15.3. The van der Waals surface area contributed by atoms with E-state index in [0.29, 0.717) is 0 Å². The van der Waals surface area contributed by atoms with Crippen molar-refractivity contribution < 1.29 is 0 Å². The number of aromatic nitrogens is 2. The molecule has 0 spiro atoms. The Morgan fingerprint density at radius 1 is 1.10 bits per heavy atom. The lowest BCUT2D eigenvalue weighted by Gasteiger charge is -2.36. The summed E-state index contributed by atoms with van der Waals surface area (Å²) in [6, 6.07) is 6.60. The molecule has 1 aliphatic heterocycles. The third-order valence-electron chi connectivity index (χ3n) is 4.58. The molecule has 0 bridgehead atoms. The van der Waals surface area contributed by atoms with Crippen LogP contribution in [-0.4, -0.2) is 40.6 Å². The molecule has 0 N–H and O–H groups in total. The number of imidazole rings is 1. The van der Waals surface area contributed by atoms with E-state index in [4.69, 9.17) is 0 Å². The van der Waals surface area contributed by atoms with E-state index in [1.807, 2.05) is 12.4 Å². The van der Waals surface area contributed by atoms with Crippen LogP contribution in [0.5, 0.6) is 0 Å². The molecule has 4 heteroatoms. The van der Waals surface area contributed by atoms with Gasteiger partial charge >= 0.3 is 0 Å². The summed E-state index contributed by atoms with van der Waals surface area (Å²) in [4.78, 5) is 9.42. The lowest BCUT2D eigenvalue weighted by Crippen LogP contribution is -2.46. The van der Waals surface area contributed by atoms with E-state index in [-0.39, 0.29) is 0 Å². The summed E-state index contributed by atoms with van der Waals surface area (Å²) in [5, 5.41) is 0. The summed E-state index contributed by atoms with van der Waals surface area (Å²) >= 11 is 0. The van der Waals surface area contributed by atoms with Crippen molar-refractivity contribution in [3.63, 3.8) is 0 Å². The Balaban J connectivity index is 1.63. The first-order valence-corrected chi connectivity index (χ1v) is 7.65. The minimum absolute atomic E-state index is 0.949. The first kappa shape index (κ1) is 14.1. The van der Waals surface area contributed by atoms with Crippen molar-refractivity contribution in [2.75, 3.05) is 31.1 Å². The predicted octanol–water partition coefficient (Wildman–Crippen LogP) is 2.36. The van der Waals surface area contributed by atoms with Crippen LogP contribution in [0.3, 0.4) is 0 Å². The van der Waals surface area contributed by atoms with E-state index >= 15 is 0 Å². The molecule has 21 heavy (non-hydrogen) atoms. The summed E-state index contributed by atoms with van der Waals surface area (Å²) in [5.41, 5.74) is 4.18. The van der Waals surface area contributed by atoms with E-state index in [2.05, 4.69) is 58.4 Å². The molecule has 112 valence electrons. The molecule has 3 rings (SSSR count). The zero-order chi connectivity index (χ0) is 14.8. The van der Waals surface area contributed by atoms with Crippen molar-refractivity contribution in [3.05, 3.63) is 47.5 Å². The van der Waals surface area contributed by atoms with Gasteiger partial charge in [-0.05, 0) is 31.0 Å². The normalized spacial score (nSPS) is 16.4. The van der Waals surface area contributed by atoms with Gasteiger partial charge in [-0.2, -0.15) is 0 Å². The number of benzene rings is 1. The number of aryl methyl sites for hydroxylation is 2. The Morgan fingerprint density at radius 3 is 2.52 bits per heavy atom. The molecule has 1 aromatic carbocycles. The topological polar surface area (TPSA) is 24.3 Å². The summed E-state index contributed by atoms with van der Waals surface area (Å²) in [5.74, 6) is 1.15. The molecular formula is C17H24N4. The second-order valence-corrected chi connectivity index (χ2v) is 5.94. The van der Waals surface area contributed by atoms with Gasteiger partial charge in [-0.15, -0.1) is 0 Å². The molecule has 0 amide bonds. The van der Waals surface area contributed by atoms with Crippen LogP contribution in [0.15, 0.2) is 30.6 Å². The van der Waals surface area contributed by atoms with E-state index < -0.39 is 0 Å². The molecule has 0 aliphatic carbocycles. The molecule has 1 saturated heterocycles. The highest BCUT2D eigenvalue weighted by Crippen LogP contribution is 2.24. The Kier molecular flexibility index (Phi) is 3.97. The fourth-order valence-corrected chi connectivity index (χ4v) is 2.97. The lowest BCUT2D eigenvalue weighted by molar-refractivity contribution is 0.241. The Bertz CT molecular complexity index is 609. The van der Waals surface area contributed by atoms with E-state index in [0.717, 1.165) is 38.5 Å². The SMILES string of the molecule is Cc1cccc(N2CCN(Cc3nccn3C)CC2)c1C. The highest BCUT2D eigenvalue weighted by Gasteiger charge is 2.19. The van der Waals surface area contributed by atoms with E-state index in [9.17, 15) is 0 Å². The zero-order valence-electron chi connectivity index (χ0n) is 13.2. The molecule has 1 aromatic heterocycles. The fourth-order valence-electron chi connectivity index (χ4n) is 2.97. The average molecular weight is 284 g/mol.